The number of nitriles is 1. The van der Waals surface area contributed by atoms with E-state index in [1.165, 1.54) is 6.20 Å². The molecule has 0 aliphatic rings. The van der Waals surface area contributed by atoms with Crippen LogP contribution in [0, 0.1) is 11.3 Å². The maximum Gasteiger partial charge on any atom is 0.255 e. The third-order valence-corrected chi connectivity index (χ3v) is 3.11. The molecule has 2 aromatic rings. The van der Waals surface area contributed by atoms with E-state index in [1.807, 2.05) is 6.07 Å². The summed E-state index contributed by atoms with van der Waals surface area (Å²) < 4.78 is 0. The van der Waals surface area contributed by atoms with Crippen molar-refractivity contribution in [3.05, 3.63) is 56.4 Å². The van der Waals surface area contributed by atoms with Gasteiger partial charge >= 0.3 is 0 Å². The van der Waals surface area contributed by atoms with Crippen molar-refractivity contribution in [1.29, 1.82) is 5.26 Å². The molecule has 90 valence electrons. The van der Waals surface area contributed by atoms with E-state index in [2.05, 4.69) is 4.98 Å². The van der Waals surface area contributed by atoms with Gasteiger partial charge in [0, 0.05) is 11.8 Å². The predicted molar refractivity (Wildman–Crippen MR) is 71.8 cm³/mol. The monoisotopic (exact) mass is 278 g/mol. The maximum atomic E-state index is 11.8. The predicted octanol–water partition coefficient (Wildman–Crippen LogP) is 3.41. The molecular weight excluding hydrogens is 271 g/mol. The van der Waals surface area contributed by atoms with Crippen LogP contribution in [0.5, 0.6) is 0 Å². The third kappa shape index (κ3) is 2.40. The molecular formula is C13H8Cl2N2O. The molecule has 2 rings (SSSR count). The lowest BCUT2D eigenvalue weighted by Crippen LogP contribution is -2.09. The number of H-pyrrole nitrogens is 1. The molecule has 0 saturated carbocycles. The molecule has 1 N–H and O–H groups in total. The van der Waals surface area contributed by atoms with Crippen LogP contribution in [-0.2, 0) is 6.42 Å². The lowest BCUT2D eigenvalue weighted by molar-refractivity contribution is 1.15. The molecule has 0 radical (unpaired) electrons. The highest BCUT2D eigenvalue weighted by atomic mass is 35.5. The molecule has 1 aromatic heterocycles. The van der Waals surface area contributed by atoms with Gasteiger partial charge in [0.2, 0.25) is 0 Å². The first-order valence-electron chi connectivity index (χ1n) is 5.16. The number of benzene rings is 1. The van der Waals surface area contributed by atoms with E-state index in [9.17, 15) is 4.79 Å². The number of aromatic nitrogens is 1. The molecule has 0 bridgehead atoms. The lowest BCUT2D eigenvalue weighted by atomic mass is 10.0. The number of pyridine rings is 1. The maximum absolute atomic E-state index is 11.8. The molecule has 0 spiro atoms. The number of rotatable bonds is 2. The minimum Gasteiger partial charge on any atom is -0.328 e. The second kappa shape index (κ2) is 5.26. The summed E-state index contributed by atoms with van der Waals surface area (Å²) in [4.78, 5) is 14.4. The number of hydrogen-bond donors (Lipinski definition) is 1. The van der Waals surface area contributed by atoms with Crippen molar-refractivity contribution in [2.45, 2.75) is 6.42 Å². The van der Waals surface area contributed by atoms with Crippen molar-refractivity contribution in [3.8, 4) is 17.2 Å². The fraction of sp³-hybridized carbons (Fsp3) is 0.0769. The Kier molecular flexibility index (Phi) is 3.71. The standard InChI is InChI=1S/C13H8Cl2N2O/c14-10-2-1-3-11(15)12(10)9-6-8(4-5-16)7-17-13(9)18/h1-3,6-7H,4H2,(H,17,18). The van der Waals surface area contributed by atoms with Crippen LogP contribution in [0.15, 0.2) is 35.3 Å². The van der Waals surface area contributed by atoms with E-state index in [-0.39, 0.29) is 12.0 Å². The Bertz CT molecular complexity index is 666. The Balaban J connectivity index is 2.67. The molecule has 0 aliphatic heterocycles. The van der Waals surface area contributed by atoms with Gasteiger partial charge in [-0.25, -0.2) is 0 Å². The number of nitrogens with one attached hydrogen (secondary N) is 1. The Morgan fingerprint density at radius 2 is 1.94 bits per heavy atom. The van der Waals surface area contributed by atoms with Gasteiger partial charge in [-0.2, -0.15) is 5.26 Å². The van der Waals surface area contributed by atoms with Crippen LogP contribution in [0.25, 0.3) is 11.1 Å². The number of nitrogens with zero attached hydrogens (tertiary/aromatic N) is 1. The van der Waals surface area contributed by atoms with E-state index in [4.69, 9.17) is 28.5 Å². The third-order valence-electron chi connectivity index (χ3n) is 2.48. The quantitative estimate of drug-likeness (QED) is 0.915. The summed E-state index contributed by atoms with van der Waals surface area (Å²) in [6.45, 7) is 0. The minimum atomic E-state index is -0.285. The number of hydrogen-bond acceptors (Lipinski definition) is 2. The molecule has 1 aromatic carbocycles. The van der Waals surface area contributed by atoms with Crippen molar-refractivity contribution in [1.82, 2.24) is 4.98 Å². The summed E-state index contributed by atoms with van der Waals surface area (Å²) in [6.07, 6.45) is 1.73. The Morgan fingerprint density at radius 3 is 2.56 bits per heavy atom. The molecule has 0 amide bonds. The highest BCUT2D eigenvalue weighted by Gasteiger charge is 2.12. The summed E-state index contributed by atoms with van der Waals surface area (Å²) in [5.41, 5.74) is 1.29. The van der Waals surface area contributed by atoms with Gasteiger partial charge in [-0.15, -0.1) is 0 Å². The second-order valence-corrected chi connectivity index (χ2v) is 4.50. The molecule has 3 nitrogen and oxygen atoms in total. The van der Waals surface area contributed by atoms with Gasteiger partial charge in [0.25, 0.3) is 5.56 Å². The summed E-state index contributed by atoms with van der Waals surface area (Å²) in [5.74, 6) is 0. The highest BCUT2D eigenvalue weighted by Crippen LogP contribution is 2.32. The van der Waals surface area contributed by atoms with Gasteiger partial charge in [-0.1, -0.05) is 29.3 Å². The van der Waals surface area contributed by atoms with Crippen molar-refractivity contribution in [3.63, 3.8) is 0 Å². The molecule has 0 unspecified atom stereocenters. The van der Waals surface area contributed by atoms with E-state index in [0.717, 1.165) is 0 Å². The molecule has 1 heterocycles. The minimum absolute atomic E-state index is 0.214. The topological polar surface area (TPSA) is 56.6 Å². The van der Waals surface area contributed by atoms with Crippen molar-refractivity contribution < 1.29 is 0 Å². The largest absolute Gasteiger partial charge is 0.328 e. The first kappa shape index (κ1) is 12.7. The first-order valence-corrected chi connectivity index (χ1v) is 5.92. The fourth-order valence-corrected chi connectivity index (χ4v) is 2.26. The van der Waals surface area contributed by atoms with Crippen LogP contribution in [0.1, 0.15) is 5.56 Å². The van der Waals surface area contributed by atoms with Gasteiger partial charge in [0.05, 0.1) is 28.1 Å². The molecule has 0 fully saturated rings. The molecule has 0 saturated heterocycles. The summed E-state index contributed by atoms with van der Waals surface area (Å²) in [6, 6.07) is 8.70. The zero-order chi connectivity index (χ0) is 13.1. The van der Waals surface area contributed by atoms with Gasteiger partial charge in [0.1, 0.15) is 0 Å². The van der Waals surface area contributed by atoms with Gasteiger partial charge < -0.3 is 4.98 Å². The average molecular weight is 279 g/mol. The highest BCUT2D eigenvalue weighted by molar-refractivity contribution is 6.39. The first-order chi connectivity index (χ1) is 8.63. The van der Waals surface area contributed by atoms with Crippen LogP contribution < -0.4 is 5.56 Å². The molecule has 18 heavy (non-hydrogen) atoms. The van der Waals surface area contributed by atoms with E-state index in [1.54, 1.807) is 24.3 Å². The zero-order valence-corrected chi connectivity index (χ0v) is 10.7. The number of aromatic amines is 1. The Morgan fingerprint density at radius 1 is 1.28 bits per heavy atom. The van der Waals surface area contributed by atoms with Crippen LogP contribution >= 0.6 is 23.2 Å². The average Bonchev–Trinajstić information content (AvgIpc) is 2.33. The van der Waals surface area contributed by atoms with Gasteiger partial charge in [-0.05, 0) is 23.8 Å². The summed E-state index contributed by atoms with van der Waals surface area (Å²) in [5, 5.41) is 9.47. The van der Waals surface area contributed by atoms with Crippen LogP contribution in [-0.4, -0.2) is 4.98 Å². The van der Waals surface area contributed by atoms with Crippen LogP contribution in [0.3, 0.4) is 0 Å². The smallest absolute Gasteiger partial charge is 0.255 e. The Labute approximate surface area is 114 Å². The summed E-state index contributed by atoms with van der Waals surface area (Å²) >= 11 is 12.1. The van der Waals surface area contributed by atoms with Crippen LogP contribution in [0.4, 0.5) is 0 Å². The SMILES string of the molecule is N#CCc1c[nH]c(=O)c(-c2c(Cl)cccc2Cl)c1. The van der Waals surface area contributed by atoms with Crippen LogP contribution in [0.2, 0.25) is 10.0 Å². The van der Waals surface area contributed by atoms with Gasteiger partial charge in [0.15, 0.2) is 0 Å². The molecule has 0 atom stereocenters. The Hall–Kier alpha value is -1.76. The van der Waals surface area contributed by atoms with Gasteiger partial charge in [-0.3, -0.25) is 4.79 Å². The fourth-order valence-electron chi connectivity index (χ4n) is 1.66. The van der Waals surface area contributed by atoms with E-state index >= 15 is 0 Å². The van der Waals surface area contributed by atoms with E-state index in [0.29, 0.717) is 26.7 Å². The zero-order valence-electron chi connectivity index (χ0n) is 9.21. The number of halogens is 2. The van der Waals surface area contributed by atoms with E-state index < -0.39 is 0 Å². The molecule has 0 aliphatic carbocycles. The van der Waals surface area contributed by atoms with Crippen molar-refractivity contribution in [2.75, 3.05) is 0 Å². The lowest BCUT2D eigenvalue weighted by Gasteiger charge is -2.07. The van der Waals surface area contributed by atoms with Crippen molar-refractivity contribution in [2.24, 2.45) is 0 Å². The van der Waals surface area contributed by atoms with Crippen molar-refractivity contribution >= 4 is 23.2 Å². The second-order valence-electron chi connectivity index (χ2n) is 3.68. The molecule has 5 heteroatoms. The summed E-state index contributed by atoms with van der Waals surface area (Å²) in [7, 11) is 0. The normalized spacial score (nSPS) is 10.1.